The van der Waals surface area contributed by atoms with Gasteiger partial charge in [-0.3, -0.25) is 4.79 Å². The summed E-state index contributed by atoms with van der Waals surface area (Å²) in [5.41, 5.74) is -0.543. The molecule has 1 aromatic heterocycles. The maximum Gasteiger partial charge on any atom is 0.242 e. The van der Waals surface area contributed by atoms with Gasteiger partial charge < -0.3 is 18.9 Å². The SMILES string of the molecule is CO[C@]1(COc2ccc(F)cc2)CCN(C(=O)Cn2ccnc2)C1. The number of benzene rings is 1. The van der Waals surface area contributed by atoms with Crippen molar-refractivity contribution in [3.8, 4) is 5.75 Å². The van der Waals surface area contributed by atoms with Gasteiger partial charge in [-0.2, -0.15) is 0 Å². The van der Waals surface area contributed by atoms with Gasteiger partial charge in [0.25, 0.3) is 0 Å². The third kappa shape index (κ3) is 3.73. The van der Waals surface area contributed by atoms with E-state index >= 15 is 0 Å². The molecule has 1 atom stereocenters. The predicted octanol–water partition coefficient (Wildman–Crippen LogP) is 1.72. The van der Waals surface area contributed by atoms with Crippen molar-refractivity contribution in [1.29, 1.82) is 0 Å². The Balaban J connectivity index is 1.57. The van der Waals surface area contributed by atoms with E-state index in [1.165, 1.54) is 12.1 Å². The van der Waals surface area contributed by atoms with Crippen LogP contribution in [0, 0.1) is 5.82 Å². The van der Waals surface area contributed by atoms with Crippen LogP contribution in [0.3, 0.4) is 0 Å². The van der Waals surface area contributed by atoms with Gasteiger partial charge in [0.05, 0.1) is 12.9 Å². The van der Waals surface area contributed by atoms with E-state index in [4.69, 9.17) is 9.47 Å². The van der Waals surface area contributed by atoms with Crippen molar-refractivity contribution in [2.24, 2.45) is 0 Å². The molecule has 1 saturated heterocycles. The topological polar surface area (TPSA) is 56.6 Å². The summed E-state index contributed by atoms with van der Waals surface area (Å²) in [5.74, 6) is 0.297. The summed E-state index contributed by atoms with van der Waals surface area (Å²) in [6.45, 7) is 1.66. The molecule has 0 aliphatic carbocycles. The third-order valence-electron chi connectivity index (χ3n) is 4.29. The molecule has 1 aliphatic rings. The van der Waals surface area contributed by atoms with E-state index in [0.29, 0.717) is 31.9 Å². The van der Waals surface area contributed by atoms with Crippen LogP contribution < -0.4 is 4.74 Å². The Morgan fingerprint density at radius 1 is 1.38 bits per heavy atom. The Labute approximate surface area is 139 Å². The number of methoxy groups -OCH3 is 1. The van der Waals surface area contributed by atoms with E-state index in [1.54, 1.807) is 47.4 Å². The number of amides is 1. The summed E-state index contributed by atoms with van der Waals surface area (Å²) < 4.78 is 26.1. The van der Waals surface area contributed by atoms with Crippen molar-refractivity contribution in [3.63, 3.8) is 0 Å². The second-order valence-electron chi connectivity index (χ2n) is 5.93. The number of carbonyl (C=O) groups is 1. The molecule has 0 N–H and O–H groups in total. The molecule has 0 bridgehead atoms. The van der Waals surface area contributed by atoms with Gasteiger partial charge in [-0.1, -0.05) is 0 Å². The average molecular weight is 333 g/mol. The fourth-order valence-corrected chi connectivity index (χ4v) is 2.78. The van der Waals surface area contributed by atoms with Crippen LogP contribution in [0.4, 0.5) is 4.39 Å². The zero-order chi connectivity index (χ0) is 17.0. The van der Waals surface area contributed by atoms with E-state index in [0.717, 1.165) is 0 Å². The number of ether oxygens (including phenoxy) is 2. The molecule has 128 valence electrons. The molecule has 1 aromatic carbocycles. The molecule has 0 radical (unpaired) electrons. The van der Waals surface area contributed by atoms with Gasteiger partial charge in [-0.25, -0.2) is 9.37 Å². The second-order valence-corrected chi connectivity index (χ2v) is 5.93. The number of imidazole rings is 1. The molecule has 2 heterocycles. The summed E-state index contributed by atoms with van der Waals surface area (Å²) in [6.07, 6.45) is 5.72. The molecule has 2 aromatic rings. The van der Waals surface area contributed by atoms with Crippen LogP contribution in [0.15, 0.2) is 43.0 Å². The van der Waals surface area contributed by atoms with Gasteiger partial charge in [0.2, 0.25) is 5.91 Å². The minimum Gasteiger partial charge on any atom is -0.491 e. The van der Waals surface area contributed by atoms with Crippen LogP contribution in [0.2, 0.25) is 0 Å². The number of hydrogen-bond acceptors (Lipinski definition) is 4. The highest BCUT2D eigenvalue weighted by atomic mass is 19.1. The normalized spacial score (nSPS) is 20.3. The number of nitrogens with zero attached hydrogens (tertiary/aromatic N) is 3. The molecule has 0 unspecified atom stereocenters. The smallest absolute Gasteiger partial charge is 0.242 e. The number of carbonyl (C=O) groups excluding carboxylic acids is 1. The number of aromatic nitrogens is 2. The van der Waals surface area contributed by atoms with Crippen LogP contribution in [-0.2, 0) is 16.1 Å². The van der Waals surface area contributed by atoms with E-state index in [-0.39, 0.29) is 18.3 Å². The summed E-state index contributed by atoms with van der Waals surface area (Å²) in [4.78, 5) is 18.1. The Hall–Kier alpha value is -2.41. The zero-order valence-corrected chi connectivity index (χ0v) is 13.5. The molecule has 6 nitrogen and oxygen atoms in total. The Bertz CT molecular complexity index is 675. The molecule has 0 spiro atoms. The van der Waals surface area contributed by atoms with E-state index in [1.807, 2.05) is 0 Å². The van der Waals surface area contributed by atoms with Crippen molar-refractivity contribution in [1.82, 2.24) is 14.5 Å². The monoisotopic (exact) mass is 333 g/mol. The molecule has 1 fully saturated rings. The lowest BCUT2D eigenvalue weighted by atomic mass is 10.0. The lowest BCUT2D eigenvalue weighted by Gasteiger charge is -2.28. The molecule has 1 aliphatic heterocycles. The minimum atomic E-state index is -0.543. The first kappa shape index (κ1) is 16.4. The molecular weight excluding hydrogens is 313 g/mol. The summed E-state index contributed by atoms with van der Waals surface area (Å²) in [5, 5.41) is 0. The number of halogens is 1. The first-order chi connectivity index (χ1) is 11.6. The fraction of sp³-hybridized carbons (Fsp3) is 0.412. The lowest BCUT2D eigenvalue weighted by molar-refractivity contribution is -0.132. The quantitative estimate of drug-likeness (QED) is 0.808. The van der Waals surface area contributed by atoms with Gasteiger partial charge in [-0.15, -0.1) is 0 Å². The highest BCUT2D eigenvalue weighted by Crippen LogP contribution is 2.26. The molecule has 24 heavy (non-hydrogen) atoms. The fourth-order valence-electron chi connectivity index (χ4n) is 2.78. The first-order valence-electron chi connectivity index (χ1n) is 7.77. The molecule has 0 saturated carbocycles. The number of rotatable bonds is 6. The number of hydrogen-bond donors (Lipinski definition) is 0. The van der Waals surface area contributed by atoms with E-state index < -0.39 is 5.60 Å². The van der Waals surface area contributed by atoms with Crippen LogP contribution in [0.5, 0.6) is 5.75 Å². The zero-order valence-electron chi connectivity index (χ0n) is 13.5. The van der Waals surface area contributed by atoms with Gasteiger partial charge >= 0.3 is 0 Å². The van der Waals surface area contributed by atoms with Crippen molar-refractivity contribution in [2.45, 2.75) is 18.6 Å². The van der Waals surface area contributed by atoms with Crippen molar-refractivity contribution >= 4 is 5.91 Å². The van der Waals surface area contributed by atoms with Crippen molar-refractivity contribution in [2.75, 3.05) is 26.8 Å². The van der Waals surface area contributed by atoms with E-state index in [2.05, 4.69) is 4.98 Å². The minimum absolute atomic E-state index is 0.0220. The van der Waals surface area contributed by atoms with Gasteiger partial charge in [0, 0.05) is 26.0 Å². The Morgan fingerprint density at radius 3 is 2.83 bits per heavy atom. The Morgan fingerprint density at radius 2 is 2.17 bits per heavy atom. The van der Waals surface area contributed by atoms with Gasteiger partial charge in [0.15, 0.2) is 0 Å². The molecule has 3 rings (SSSR count). The van der Waals surface area contributed by atoms with Crippen molar-refractivity contribution < 1.29 is 18.7 Å². The summed E-state index contributed by atoms with van der Waals surface area (Å²) in [7, 11) is 1.62. The van der Waals surface area contributed by atoms with Crippen LogP contribution in [0.1, 0.15) is 6.42 Å². The molecular formula is C17H20FN3O3. The van der Waals surface area contributed by atoms with Crippen LogP contribution in [0.25, 0.3) is 0 Å². The third-order valence-corrected chi connectivity index (χ3v) is 4.29. The first-order valence-corrected chi connectivity index (χ1v) is 7.77. The summed E-state index contributed by atoms with van der Waals surface area (Å²) >= 11 is 0. The lowest BCUT2D eigenvalue weighted by Crippen LogP contribution is -2.43. The van der Waals surface area contributed by atoms with Crippen LogP contribution in [-0.4, -0.2) is 52.8 Å². The highest BCUT2D eigenvalue weighted by Gasteiger charge is 2.41. The van der Waals surface area contributed by atoms with Crippen molar-refractivity contribution in [3.05, 3.63) is 48.8 Å². The predicted molar refractivity (Wildman–Crippen MR) is 85.1 cm³/mol. The largest absolute Gasteiger partial charge is 0.491 e. The second kappa shape index (κ2) is 7.00. The molecule has 1 amide bonds. The van der Waals surface area contributed by atoms with Gasteiger partial charge in [-0.05, 0) is 30.7 Å². The Kier molecular flexibility index (Phi) is 4.80. The summed E-state index contributed by atoms with van der Waals surface area (Å²) in [6, 6.07) is 5.86. The molecule has 7 heteroatoms. The van der Waals surface area contributed by atoms with Gasteiger partial charge in [0.1, 0.15) is 30.3 Å². The average Bonchev–Trinajstić information content (AvgIpc) is 3.24. The van der Waals surface area contributed by atoms with E-state index in [9.17, 15) is 9.18 Å². The maximum atomic E-state index is 12.9. The highest BCUT2D eigenvalue weighted by molar-refractivity contribution is 5.76. The number of likely N-dealkylation sites (tertiary alicyclic amines) is 1. The standard InChI is InChI=1S/C17H20FN3O3/c1-23-17(12-24-15-4-2-14(18)3-5-15)6-8-21(11-17)16(22)10-20-9-7-19-13-20/h2-5,7,9,13H,6,8,10-12H2,1H3/t17-/m1/s1. The van der Waals surface area contributed by atoms with Crippen LogP contribution >= 0.6 is 0 Å². The maximum absolute atomic E-state index is 12.9.